The lowest BCUT2D eigenvalue weighted by Crippen LogP contribution is -2.40. The van der Waals surface area contributed by atoms with E-state index in [-0.39, 0.29) is 11.8 Å². The fourth-order valence-corrected chi connectivity index (χ4v) is 1.67. The molecule has 1 amide bonds. The van der Waals surface area contributed by atoms with E-state index in [1.54, 1.807) is 0 Å². The van der Waals surface area contributed by atoms with E-state index in [4.69, 9.17) is 5.73 Å². The highest BCUT2D eigenvalue weighted by Gasteiger charge is 2.19. The number of nitrogens with two attached hydrogens (primary N) is 1. The van der Waals surface area contributed by atoms with Crippen LogP contribution in [-0.2, 0) is 4.79 Å². The predicted octanol–water partition coefficient (Wildman–Crippen LogP) is 2.76. The second kappa shape index (κ2) is 6.01. The summed E-state index contributed by atoms with van der Waals surface area (Å²) < 4.78 is 0.861. The fourth-order valence-electron chi connectivity index (χ4n) is 1.29. The smallest absolute Gasteiger partial charge is 0.241 e. The Balaban J connectivity index is 2.68. The molecule has 3 nitrogen and oxygen atoms in total. The van der Waals surface area contributed by atoms with Gasteiger partial charge in [0.05, 0.1) is 11.7 Å². The average Bonchev–Trinajstić information content (AvgIpc) is 2.30. The van der Waals surface area contributed by atoms with Crippen LogP contribution in [-0.4, -0.2) is 11.9 Å². The van der Waals surface area contributed by atoms with E-state index < -0.39 is 6.04 Å². The maximum Gasteiger partial charge on any atom is 0.241 e. The van der Waals surface area contributed by atoms with Crippen molar-refractivity contribution in [2.24, 2.45) is 11.7 Å². The van der Waals surface area contributed by atoms with Crippen LogP contribution in [0.1, 0.15) is 20.3 Å². The van der Waals surface area contributed by atoms with Crippen molar-refractivity contribution in [3.05, 3.63) is 28.7 Å². The molecule has 4 heteroatoms. The zero-order valence-electron chi connectivity index (χ0n) is 9.53. The van der Waals surface area contributed by atoms with Gasteiger partial charge in [-0.1, -0.05) is 32.4 Å². The minimum atomic E-state index is -0.461. The Morgan fingerprint density at radius 2 is 2.12 bits per heavy atom. The number of nitrogens with one attached hydrogen (secondary N) is 1. The maximum absolute atomic E-state index is 11.8. The first-order valence-corrected chi connectivity index (χ1v) is 6.16. The number of benzene rings is 1. The molecule has 16 heavy (non-hydrogen) atoms. The normalized spacial score (nSPS) is 14.2. The third kappa shape index (κ3) is 3.32. The van der Waals surface area contributed by atoms with Gasteiger partial charge in [0.15, 0.2) is 0 Å². The molecule has 0 radical (unpaired) electrons. The van der Waals surface area contributed by atoms with Crippen molar-refractivity contribution in [1.29, 1.82) is 0 Å². The van der Waals surface area contributed by atoms with E-state index in [0.29, 0.717) is 0 Å². The first-order valence-electron chi connectivity index (χ1n) is 5.37. The molecule has 3 N–H and O–H groups in total. The van der Waals surface area contributed by atoms with Crippen LogP contribution < -0.4 is 11.1 Å². The number of amides is 1. The van der Waals surface area contributed by atoms with Gasteiger partial charge in [-0.15, -0.1) is 0 Å². The summed E-state index contributed by atoms with van der Waals surface area (Å²) in [6, 6.07) is 7.02. The van der Waals surface area contributed by atoms with E-state index in [0.717, 1.165) is 16.6 Å². The van der Waals surface area contributed by atoms with Gasteiger partial charge in [-0.05, 0) is 34.0 Å². The number of hydrogen-bond donors (Lipinski definition) is 2. The van der Waals surface area contributed by atoms with Crippen LogP contribution in [0.15, 0.2) is 28.7 Å². The van der Waals surface area contributed by atoms with Crippen LogP contribution >= 0.6 is 15.9 Å². The van der Waals surface area contributed by atoms with Crippen molar-refractivity contribution in [1.82, 2.24) is 0 Å². The zero-order valence-corrected chi connectivity index (χ0v) is 11.1. The number of rotatable bonds is 4. The number of carbonyl (C=O) groups is 1. The zero-order chi connectivity index (χ0) is 12.1. The Bertz CT molecular complexity index is 368. The molecule has 0 heterocycles. The predicted molar refractivity (Wildman–Crippen MR) is 70.2 cm³/mol. The van der Waals surface area contributed by atoms with E-state index in [1.165, 1.54) is 0 Å². The standard InChI is InChI=1S/C12H17BrN2O/c1-3-8(2)11(14)12(16)15-10-7-5-4-6-9(10)13/h4-8,11H,3,14H2,1-2H3,(H,15,16)/t8?,11-/m0/s1. The van der Waals surface area contributed by atoms with Crippen molar-refractivity contribution in [3.63, 3.8) is 0 Å². The Labute approximate surface area is 105 Å². The summed E-state index contributed by atoms with van der Waals surface area (Å²) in [7, 11) is 0. The Kier molecular flexibility index (Phi) is 4.96. The fraction of sp³-hybridized carbons (Fsp3) is 0.417. The topological polar surface area (TPSA) is 55.1 Å². The SMILES string of the molecule is CCC(C)[C@H](N)C(=O)Nc1ccccc1Br. The highest BCUT2D eigenvalue weighted by molar-refractivity contribution is 9.10. The quantitative estimate of drug-likeness (QED) is 0.893. The van der Waals surface area contributed by atoms with Crippen LogP contribution in [0.25, 0.3) is 0 Å². The number of anilines is 1. The molecule has 1 unspecified atom stereocenters. The van der Waals surface area contributed by atoms with Crippen LogP contribution in [0.5, 0.6) is 0 Å². The van der Waals surface area contributed by atoms with Gasteiger partial charge in [0.25, 0.3) is 0 Å². The van der Waals surface area contributed by atoms with Gasteiger partial charge in [0.2, 0.25) is 5.91 Å². The van der Waals surface area contributed by atoms with Crippen molar-refractivity contribution in [2.45, 2.75) is 26.3 Å². The summed E-state index contributed by atoms with van der Waals surface area (Å²) in [5, 5.41) is 2.81. The lowest BCUT2D eigenvalue weighted by Gasteiger charge is -2.18. The third-order valence-corrected chi connectivity index (χ3v) is 3.38. The molecule has 0 aliphatic heterocycles. The Hall–Kier alpha value is -0.870. The molecule has 0 aromatic heterocycles. The monoisotopic (exact) mass is 284 g/mol. The van der Waals surface area contributed by atoms with E-state index >= 15 is 0 Å². The van der Waals surface area contributed by atoms with E-state index in [9.17, 15) is 4.79 Å². The average molecular weight is 285 g/mol. The van der Waals surface area contributed by atoms with Gasteiger partial charge in [0, 0.05) is 4.47 Å². The van der Waals surface area contributed by atoms with Gasteiger partial charge in [-0.2, -0.15) is 0 Å². The molecule has 0 saturated carbocycles. The highest BCUT2D eigenvalue weighted by atomic mass is 79.9. The summed E-state index contributed by atoms with van der Waals surface area (Å²) >= 11 is 3.37. The van der Waals surface area contributed by atoms with Gasteiger partial charge in [-0.25, -0.2) is 0 Å². The summed E-state index contributed by atoms with van der Waals surface area (Å²) in [6.07, 6.45) is 0.893. The number of carbonyl (C=O) groups excluding carboxylic acids is 1. The molecule has 1 rings (SSSR count). The minimum Gasteiger partial charge on any atom is -0.324 e. The molecular weight excluding hydrogens is 268 g/mol. The Morgan fingerprint density at radius 1 is 1.50 bits per heavy atom. The lowest BCUT2D eigenvalue weighted by atomic mass is 9.99. The first-order chi connectivity index (χ1) is 7.56. The molecule has 1 aromatic carbocycles. The molecule has 0 aliphatic rings. The summed E-state index contributed by atoms with van der Waals surface area (Å²) in [4.78, 5) is 11.8. The number of hydrogen-bond acceptors (Lipinski definition) is 2. The van der Waals surface area contributed by atoms with Crippen molar-refractivity contribution >= 4 is 27.5 Å². The van der Waals surface area contributed by atoms with Gasteiger partial charge >= 0.3 is 0 Å². The third-order valence-electron chi connectivity index (χ3n) is 2.69. The molecule has 0 fully saturated rings. The van der Waals surface area contributed by atoms with Crippen LogP contribution in [0.4, 0.5) is 5.69 Å². The summed E-state index contributed by atoms with van der Waals surface area (Å²) in [6.45, 7) is 4.00. The molecule has 0 aliphatic carbocycles. The molecule has 0 bridgehead atoms. The van der Waals surface area contributed by atoms with Gasteiger partial charge < -0.3 is 11.1 Å². The molecule has 1 aromatic rings. The van der Waals surface area contributed by atoms with E-state index in [1.807, 2.05) is 38.1 Å². The molecule has 88 valence electrons. The molecule has 2 atom stereocenters. The van der Waals surface area contributed by atoms with Gasteiger partial charge in [-0.3, -0.25) is 4.79 Å². The van der Waals surface area contributed by atoms with Crippen molar-refractivity contribution in [3.8, 4) is 0 Å². The number of halogens is 1. The van der Waals surface area contributed by atoms with Crippen molar-refractivity contribution in [2.75, 3.05) is 5.32 Å². The summed E-state index contributed by atoms with van der Waals surface area (Å²) in [5.41, 5.74) is 6.60. The first kappa shape index (κ1) is 13.2. The largest absolute Gasteiger partial charge is 0.324 e. The summed E-state index contributed by atoms with van der Waals surface area (Å²) in [5.74, 6) is 0.0451. The highest BCUT2D eigenvalue weighted by Crippen LogP contribution is 2.21. The maximum atomic E-state index is 11.8. The van der Waals surface area contributed by atoms with E-state index in [2.05, 4.69) is 21.2 Å². The lowest BCUT2D eigenvalue weighted by molar-refractivity contribution is -0.118. The second-order valence-electron chi connectivity index (χ2n) is 3.88. The second-order valence-corrected chi connectivity index (χ2v) is 4.73. The van der Waals surface area contributed by atoms with Gasteiger partial charge in [0.1, 0.15) is 0 Å². The molecular formula is C12H17BrN2O. The van der Waals surface area contributed by atoms with Crippen LogP contribution in [0, 0.1) is 5.92 Å². The van der Waals surface area contributed by atoms with Crippen LogP contribution in [0.3, 0.4) is 0 Å². The Morgan fingerprint density at radius 3 is 2.69 bits per heavy atom. The molecule has 0 spiro atoms. The van der Waals surface area contributed by atoms with Crippen molar-refractivity contribution < 1.29 is 4.79 Å². The number of para-hydroxylation sites is 1. The van der Waals surface area contributed by atoms with Crippen LogP contribution in [0.2, 0.25) is 0 Å². The minimum absolute atomic E-state index is 0.138. The molecule has 0 saturated heterocycles.